The SMILES string of the molecule is O=C1c2ccccc2C(=O)N1CCCCC(NSc1ccccc1C(F)(F)F)c1cccc(Br)c1. The highest BCUT2D eigenvalue weighted by atomic mass is 79.9. The molecule has 9 heteroatoms. The zero-order chi connectivity index (χ0) is 25.0. The molecule has 1 atom stereocenters. The van der Waals surface area contributed by atoms with Crippen molar-refractivity contribution in [2.24, 2.45) is 0 Å². The molecule has 0 saturated heterocycles. The van der Waals surface area contributed by atoms with Gasteiger partial charge < -0.3 is 0 Å². The zero-order valence-electron chi connectivity index (χ0n) is 18.5. The first-order valence-corrected chi connectivity index (χ1v) is 12.7. The van der Waals surface area contributed by atoms with Crippen molar-refractivity contribution in [3.63, 3.8) is 0 Å². The van der Waals surface area contributed by atoms with E-state index in [1.165, 1.54) is 17.0 Å². The fraction of sp³-hybridized carbons (Fsp3) is 0.231. The van der Waals surface area contributed by atoms with E-state index in [2.05, 4.69) is 20.7 Å². The predicted molar refractivity (Wildman–Crippen MR) is 133 cm³/mol. The van der Waals surface area contributed by atoms with E-state index in [1.807, 2.05) is 24.3 Å². The summed E-state index contributed by atoms with van der Waals surface area (Å²) in [5.74, 6) is -0.571. The standard InChI is InChI=1S/C26H22BrF3N2O2S/c27-18-9-7-8-17(16-18)22(31-35-23-14-4-3-12-21(23)26(28,29)30)13-5-6-15-32-24(33)19-10-1-2-11-20(19)25(32)34/h1-4,7-12,14,16,22,31H,5-6,13,15H2. The first-order valence-electron chi connectivity index (χ1n) is 11.0. The molecule has 1 aliphatic rings. The van der Waals surface area contributed by atoms with Crippen LogP contribution >= 0.6 is 27.9 Å². The van der Waals surface area contributed by atoms with E-state index in [0.29, 0.717) is 36.9 Å². The van der Waals surface area contributed by atoms with Gasteiger partial charge in [-0.2, -0.15) is 13.2 Å². The first kappa shape index (κ1) is 25.5. The van der Waals surface area contributed by atoms with Crippen LogP contribution in [0.3, 0.4) is 0 Å². The van der Waals surface area contributed by atoms with Crippen molar-refractivity contribution in [2.45, 2.75) is 36.4 Å². The Morgan fingerprint density at radius 3 is 2.20 bits per heavy atom. The highest BCUT2D eigenvalue weighted by molar-refractivity contribution is 9.10. The molecule has 0 bridgehead atoms. The number of fused-ring (bicyclic) bond motifs is 1. The molecule has 35 heavy (non-hydrogen) atoms. The lowest BCUT2D eigenvalue weighted by Crippen LogP contribution is -2.30. The molecule has 1 aliphatic heterocycles. The lowest BCUT2D eigenvalue weighted by molar-refractivity contribution is -0.139. The van der Waals surface area contributed by atoms with Gasteiger partial charge in [0.25, 0.3) is 11.8 Å². The van der Waals surface area contributed by atoms with Gasteiger partial charge in [-0.05, 0) is 73.2 Å². The van der Waals surface area contributed by atoms with Gasteiger partial charge in [0.05, 0.1) is 16.7 Å². The largest absolute Gasteiger partial charge is 0.417 e. The van der Waals surface area contributed by atoms with Gasteiger partial charge in [-0.25, -0.2) is 0 Å². The van der Waals surface area contributed by atoms with E-state index in [4.69, 9.17) is 0 Å². The Balaban J connectivity index is 1.40. The molecule has 1 unspecified atom stereocenters. The van der Waals surface area contributed by atoms with E-state index in [9.17, 15) is 22.8 Å². The van der Waals surface area contributed by atoms with Crippen LogP contribution in [0.5, 0.6) is 0 Å². The zero-order valence-corrected chi connectivity index (χ0v) is 20.9. The van der Waals surface area contributed by atoms with Crippen molar-refractivity contribution in [3.05, 3.63) is 99.5 Å². The second-order valence-electron chi connectivity index (χ2n) is 8.12. The fourth-order valence-corrected chi connectivity index (χ4v) is 5.38. The summed E-state index contributed by atoms with van der Waals surface area (Å²) in [6.07, 6.45) is -2.58. The van der Waals surface area contributed by atoms with Gasteiger partial charge in [0.1, 0.15) is 0 Å². The van der Waals surface area contributed by atoms with Crippen LogP contribution in [0.4, 0.5) is 13.2 Å². The quantitative estimate of drug-likeness (QED) is 0.169. The van der Waals surface area contributed by atoms with Crippen LogP contribution in [0, 0.1) is 0 Å². The number of halogens is 4. The van der Waals surface area contributed by atoms with Crippen molar-refractivity contribution in [2.75, 3.05) is 6.54 Å². The molecule has 3 aromatic carbocycles. The number of hydrogen-bond acceptors (Lipinski definition) is 4. The van der Waals surface area contributed by atoms with Crippen LogP contribution in [-0.2, 0) is 6.18 Å². The van der Waals surface area contributed by atoms with Crippen LogP contribution in [0.1, 0.15) is 57.1 Å². The normalized spacial score (nSPS) is 14.3. The maximum absolute atomic E-state index is 13.4. The monoisotopic (exact) mass is 562 g/mol. The maximum atomic E-state index is 13.4. The van der Waals surface area contributed by atoms with Crippen LogP contribution in [0.25, 0.3) is 0 Å². The Kier molecular flexibility index (Phi) is 7.98. The number of amides is 2. The summed E-state index contributed by atoms with van der Waals surface area (Å²) in [7, 11) is 0. The minimum Gasteiger partial charge on any atom is -0.274 e. The van der Waals surface area contributed by atoms with Crippen molar-refractivity contribution in [3.8, 4) is 0 Å². The molecular formula is C26H22BrF3N2O2S. The van der Waals surface area contributed by atoms with E-state index < -0.39 is 11.7 Å². The Bertz CT molecular complexity index is 1200. The molecule has 0 aliphatic carbocycles. The summed E-state index contributed by atoms with van der Waals surface area (Å²) in [6, 6.07) is 19.6. The van der Waals surface area contributed by atoms with Gasteiger partial charge in [-0.1, -0.05) is 52.3 Å². The molecule has 1 heterocycles. The van der Waals surface area contributed by atoms with Gasteiger partial charge in [-0.15, -0.1) is 0 Å². The maximum Gasteiger partial charge on any atom is 0.417 e. The molecule has 1 N–H and O–H groups in total. The van der Waals surface area contributed by atoms with Gasteiger partial charge in [0.2, 0.25) is 0 Å². The minimum atomic E-state index is -4.44. The number of benzene rings is 3. The molecule has 0 saturated carbocycles. The summed E-state index contributed by atoms with van der Waals surface area (Å²) in [6.45, 7) is 0.293. The van der Waals surface area contributed by atoms with Crippen LogP contribution in [0.2, 0.25) is 0 Å². The molecule has 4 rings (SSSR count). The fourth-order valence-electron chi connectivity index (χ4n) is 4.00. The summed E-state index contributed by atoms with van der Waals surface area (Å²) in [4.78, 5) is 26.5. The number of imide groups is 1. The summed E-state index contributed by atoms with van der Waals surface area (Å²) >= 11 is 4.41. The molecule has 0 aromatic heterocycles. The highest BCUT2D eigenvalue weighted by Gasteiger charge is 2.35. The average molecular weight is 563 g/mol. The lowest BCUT2D eigenvalue weighted by Gasteiger charge is -2.21. The smallest absolute Gasteiger partial charge is 0.274 e. The molecule has 182 valence electrons. The summed E-state index contributed by atoms with van der Waals surface area (Å²) < 4.78 is 44.3. The molecule has 0 spiro atoms. The molecule has 4 nitrogen and oxygen atoms in total. The molecule has 3 aromatic rings. The topological polar surface area (TPSA) is 49.4 Å². The van der Waals surface area contributed by atoms with Crippen LogP contribution in [0.15, 0.2) is 82.2 Å². The van der Waals surface area contributed by atoms with E-state index >= 15 is 0 Å². The molecule has 0 radical (unpaired) electrons. The van der Waals surface area contributed by atoms with Gasteiger partial charge >= 0.3 is 6.18 Å². The third-order valence-corrected chi connectivity index (χ3v) is 7.23. The Morgan fingerprint density at radius 2 is 1.54 bits per heavy atom. The number of hydrogen-bond donors (Lipinski definition) is 1. The summed E-state index contributed by atoms with van der Waals surface area (Å²) in [5.41, 5.74) is 1.09. The Morgan fingerprint density at radius 1 is 0.886 bits per heavy atom. The predicted octanol–water partition coefficient (Wildman–Crippen LogP) is 7.27. The van der Waals surface area contributed by atoms with E-state index in [0.717, 1.165) is 28.1 Å². The van der Waals surface area contributed by atoms with Crippen molar-refractivity contribution >= 4 is 39.7 Å². The first-order chi connectivity index (χ1) is 16.8. The molecular weight excluding hydrogens is 541 g/mol. The number of nitrogens with one attached hydrogen (secondary N) is 1. The van der Waals surface area contributed by atoms with Gasteiger partial charge in [0, 0.05) is 22.0 Å². The lowest BCUT2D eigenvalue weighted by atomic mass is 10.0. The Hall–Kier alpha value is -2.62. The van der Waals surface area contributed by atoms with Gasteiger partial charge in [0.15, 0.2) is 0 Å². The third-order valence-electron chi connectivity index (χ3n) is 5.76. The number of carbonyl (C=O) groups excluding carboxylic acids is 2. The minimum absolute atomic E-state index is 0.103. The number of alkyl halides is 3. The second kappa shape index (κ2) is 11.0. The van der Waals surface area contributed by atoms with Crippen LogP contribution in [-0.4, -0.2) is 23.3 Å². The third kappa shape index (κ3) is 5.97. The number of carbonyl (C=O) groups is 2. The number of rotatable bonds is 9. The second-order valence-corrected chi connectivity index (χ2v) is 9.92. The highest BCUT2D eigenvalue weighted by Crippen LogP contribution is 2.37. The number of unbranched alkanes of at least 4 members (excludes halogenated alkanes) is 1. The average Bonchev–Trinajstić information content (AvgIpc) is 3.08. The number of nitrogens with zero attached hydrogens (tertiary/aromatic N) is 1. The van der Waals surface area contributed by atoms with Crippen molar-refractivity contribution < 1.29 is 22.8 Å². The van der Waals surface area contributed by atoms with E-state index in [-0.39, 0.29) is 22.8 Å². The van der Waals surface area contributed by atoms with Crippen LogP contribution < -0.4 is 4.72 Å². The van der Waals surface area contributed by atoms with E-state index in [1.54, 1.807) is 30.3 Å². The van der Waals surface area contributed by atoms with Crippen molar-refractivity contribution in [1.29, 1.82) is 0 Å². The Labute approximate surface area is 214 Å². The molecule has 0 fully saturated rings. The summed E-state index contributed by atoms with van der Waals surface area (Å²) in [5, 5.41) is 0. The molecule has 2 amide bonds. The van der Waals surface area contributed by atoms with Gasteiger partial charge in [-0.3, -0.25) is 19.2 Å². The van der Waals surface area contributed by atoms with Crippen molar-refractivity contribution in [1.82, 2.24) is 9.62 Å².